The van der Waals surface area contributed by atoms with Crippen molar-refractivity contribution in [2.24, 2.45) is 0 Å². The molecule has 0 aliphatic heterocycles. The number of thioether (sulfide) groups is 1. The molecule has 0 aliphatic carbocycles. The van der Waals surface area contributed by atoms with E-state index in [2.05, 4.69) is 4.98 Å². The zero-order chi connectivity index (χ0) is 15.2. The Bertz CT molecular complexity index is 638. The number of phenols is 2. The van der Waals surface area contributed by atoms with Gasteiger partial charge in [0.2, 0.25) is 0 Å². The lowest BCUT2D eigenvalue weighted by Gasteiger charge is -2.02. The first-order valence-corrected chi connectivity index (χ1v) is 8.17. The summed E-state index contributed by atoms with van der Waals surface area (Å²) in [5, 5.41) is 19.7. The molecule has 0 saturated carbocycles. The van der Waals surface area contributed by atoms with Crippen LogP contribution in [0.5, 0.6) is 11.5 Å². The Morgan fingerprint density at radius 1 is 1.33 bits per heavy atom. The molecular weight excluding hydrogens is 306 g/mol. The van der Waals surface area contributed by atoms with Crippen molar-refractivity contribution in [2.75, 3.05) is 13.7 Å². The number of thiazole rings is 1. The van der Waals surface area contributed by atoms with Crippen molar-refractivity contribution in [3.05, 3.63) is 39.9 Å². The van der Waals surface area contributed by atoms with Crippen LogP contribution in [-0.4, -0.2) is 28.9 Å². The molecule has 4 nitrogen and oxygen atoms in total. The van der Waals surface area contributed by atoms with Crippen LogP contribution in [-0.2, 0) is 10.5 Å². The van der Waals surface area contributed by atoms with Crippen LogP contribution in [0.2, 0.25) is 0 Å². The monoisotopic (exact) mass is 323 g/mol. The van der Waals surface area contributed by atoms with E-state index in [1.165, 1.54) is 10.9 Å². The molecule has 0 unspecified atom stereocenters. The molecule has 0 aliphatic rings. The summed E-state index contributed by atoms with van der Waals surface area (Å²) in [6.45, 7) is 2.57. The molecule has 0 spiro atoms. The molecule has 0 radical (unpaired) electrons. The van der Waals surface area contributed by atoms with Crippen molar-refractivity contribution < 1.29 is 14.9 Å². The standard InChI is InChI=1S/C15H17NO3S2/c1-10-14(21-15(16-10)4-3-7-19-2)9-20-11-5-6-12(17)13(18)8-11/h3-6,8,17-18H,7,9H2,1-2H3/b4-3+. The van der Waals surface area contributed by atoms with Gasteiger partial charge in [0, 0.05) is 22.6 Å². The van der Waals surface area contributed by atoms with Crippen molar-refractivity contribution in [1.82, 2.24) is 4.98 Å². The summed E-state index contributed by atoms with van der Waals surface area (Å²) < 4.78 is 4.97. The summed E-state index contributed by atoms with van der Waals surface area (Å²) in [6.07, 6.45) is 3.90. The zero-order valence-electron chi connectivity index (χ0n) is 11.9. The van der Waals surface area contributed by atoms with E-state index < -0.39 is 0 Å². The van der Waals surface area contributed by atoms with Crippen LogP contribution in [0.15, 0.2) is 29.2 Å². The third-order valence-electron chi connectivity index (χ3n) is 2.75. The Balaban J connectivity index is 2.01. The number of phenolic OH excluding ortho intramolecular Hbond substituents is 2. The van der Waals surface area contributed by atoms with Crippen molar-refractivity contribution in [3.8, 4) is 11.5 Å². The number of aryl methyl sites for hydroxylation is 1. The normalized spacial score (nSPS) is 11.3. The molecule has 0 atom stereocenters. The van der Waals surface area contributed by atoms with Crippen molar-refractivity contribution >= 4 is 29.2 Å². The van der Waals surface area contributed by atoms with Crippen LogP contribution in [0.25, 0.3) is 6.08 Å². The molecule has 1 aromatic heterocycles. The first-order chi connectivity index (χ1) is 10.1. The lowest BCUT2D eigenvalue weighted by atomic mass is 10.3. The van der Waals surface area contributed by atoms with E-state index in [9.17, 15) is 10.2 Å². The molecule has 1 aromatic carbocycles. The SMILES string of the molecule is COC/C=C/c1nc(C)c(CSc2ccc(O)c(O)c2)s1. The average Bonchev–Trinajstić information content (AvgIpc) is 2.81. The smallest absolute Gasteiger partial charge is 0.158 e. The maximum atomic E-state index is 9.48. The quantitative estimate of drug-likeness (QED) is 0.625. The highest BCUT2D eigenvalue weighted by Gasteiger charge is 2.07. The molecule has 1 heterocycles. The fourth-order valence-corrected chi connectivity index (χ4v) is 3.71. The Morgan fingerprint density at radius 3 is 2.86 bits per heavy atom. The average molecular weight is 323 g/mol. The summed E-state index contributed by atoms with van der Waals surface area (Å²) in [5.41, 5.74) is 1.02. The number of aromatic hydroxyl groups is 2. The van der Waals surface area contributed by atoms with E-state index in [4.69, 9.17) is 4.74 Å². The van der Waals surface area contributed by atoms with Crippen LogP contribution < -0.4 is 0 Å². The number of hydrogen-bond acceptors (Lipinski definition) is 6. The van der Waals surface area contributed by atoms with Crippen LogP contribution in [0, 0.1) is 6.92 Å². The van der Waals surface area contributed by atoms with Gasteiger partial charge in [0.25, 0.3) is 0 Å². The summed E-state index contributed by atoms with van der Waals surface area (Å²) in [6, 6.07) is 4.85. The molecule has 2 aromatic rings. The van der Waals surface area contributed by atoms with E-state index in [-0.39, 0.29) is 11.5 Å². The third kappa shape index (κ3) is 4.49. The first-order valence-electron chi connectivity index (χ1n) is 6.36. The molecule has 0 amide bonds. The van der Waals surface area contributed by atoms with Gasteiger partial charge in [-0.05, 0) is 31.2 Å². The second-order valence-electron chi connectivity index (χ2n) is 4.36. The lowest BCUT2D eigenvalue weighted by Crippen LogP contribution is -1.81. The number of ether oxygens (including phenoxy) is 1. The van der Waals surface area contributed by atoms with Crippen molar-refractivity contribution in [2.45, 2.75) is 17.6 Å². The van der Waals surface area contributed by atoms with Gasteiger partial charge >= 0.3 is 0 Å². The van der Waals surface area contributed by atoms with Gasteiger partial charge in [0.1, 0.15) is 5.01 Å². The molecule has 112 valence electrons. The van der Waals surface area contributed by atoms with Crippen molar-refractivity contribution in [1.29, 1.82) is 0 Å². The number of methoxy groups -OCH3 is 1. The maximum absolute atomic E-state index is 9.48. The Kier molecular flexibility index (Phi) is 5.67. The molecule has 21 heavy (non-hydrogen) atoms. The second-order valence-corrected chi connectivity index (χ2v) is 6.52. The fraction of sp³-hybridized carbons (Fsp3) is 0.267. The van der Waals surface area contributed by atoms with E-state index in [0.29, 0.717) is 6.61 Å². The minimum atomic E-state index is -0.0983. The molecule has 6 heteroatoms. The van der Waals surface area contributed by atoms with Gasteiger partial charge in [0.15, 0.2) is 11.5 Å². The predicted octanol–water partition coefficient (Wildman–Crippen LogP) is 3.81. The molecule has 2 rings (SSSR count). The minimum absolute atomic E-state index is 0.0933. The van der Waals surface area contributed by atoms with Crippen LogP contribution in [0.1, 0.15) is 15.6 Å². The Morgan fingerprint density at radius 2 is 2.14 bits per heavy atom. The van der Waals surface area contributed by atoms with E-state index >= 15 is 0 Å². The van der Waals surface area contributed by atoms with Gasteiger partial charge in [-0.15, -0.1) is 23.1 Å². The van der Waals surface area contributed by atoms with Crippen LogP contribution in [0.3, 0.4) is 0 Å². The first kappa shape index (κ1) is 15.9. The fourth-order valence-electron chi connectivity index (χ4n) is 1.64. The lowest BCUT2D eigenvalue weighted by molar-refractivity contribution is 0.234. The molecule has 2 N–H and O–H groups in total. The summed E-state index contributed by atoms with van der Waals surface area (Å²) in [5.74, 6) is 0.592. The summed E-state index contributed by atoms with van der Waals surface area (Å²) in [4.78, 5) is 6.61. The highest BCUT2D eigenvalue weighted by atomic mass is 32.2. The van der Waals surface area contributed by atoms with E-state index in [0.717, 1.165) is 21.3 Å². The van der Waals surface area contributed by atoms with Gasteiger partial charge in [0.05, 0.1) is 12.3 Å². The number of nitrogens with zero attached hydrogens (tertiary/aromatic N) is 1. The Hall–Kier alpha value is -1.50. The summed E-state index contributed by atoms with van der Waals surface area (Å²) >= 11 is 3.25. The van der Waals surface area contributed by atoms with Crippen LogP contribution in [0.4, 0.5) is 0 Å². The largest absolute Gasteiger partial charge is 0.504 e. The van der Waals surface area contributed by atoms with Gasteiger partial charge in [-0.1, -0.05) is 6.08 Å². The van der Waals surface area contributed by atoms with Gasteiger partial charge in [-0.3, -0.25) is 0 Å². The van der Waals surface area contributed by atoms with E-state index in [1.54, 1.807) is 42.3 Å². The maximum Gasteiger partial charge on any atom is 0.158 e. The third-order valence-corrected chi connectivity index (χ3v) is 5.08. The molecular formula is C15H17NO3S2. The minimum Gasteiger partial charge on any atom is -0.504 e. The predicted molar refractivity (Wildman–Crippen MR) is 87.1 cm³/mol. The highest BCUT2D eigenvalue weighted by Crippen LogP contribution is 2.33. The highest BCUT2D eigenvalue weighted by molar-refractivity contribution is 7.98. The van der Waals surface area contributed by atoms with Gasteiger partial charge < -0.3 is 14.9 Å². The molecule has 0 bridgehead atoms. The number of rotatable bonds is 6. The van der Waals surface area contributed by atoms with Gasteiger partial charge in [-0.2, -0.15) is 0 Å². The zero-order valence-corrected chi connectivity index (χ0v) is 13.5. The second kappa shape index (κ2) is 7.49. The molecule has 0 saturated heterocycles. The molecule has 0 fully saturated rings. The Labute approximate surface area is 132 Å². The van der Waals surface area contributed by atoms with Crippen LogP contribution >= 0.6 is 23.1 Å². The summed E-state index contributed by atoms with van der Waals surface area (Å²) in [7, 11) is 1.66. The topological polar surface area (TPSA) is 62.6 Å². The number of benzene rings is 1. The number of aromatic nitrogens is 1. The van der Waals surface area contributed by atoms with Crippen molar-refractivity contribution in [3.63, 3.8) is 0 Å². The number of hydrogen-bond donors (Lipinski definition) is 2. The van der Waals surface area contributed by atoms with Gasteiger partial charge in [-0.25, -0.2) is 4.98 Å². The van der Waals surface area contributed by atoms with E-state index in [1.807, 2.05) is 19.1 Å².